The Labute approximate surface area is 121 Å². The van der Waals surface area contributed by atoms with Gasteiger partial charge in [0.15, 0.2) is 17.1 Å². The van der Waals surface area contributed by atoms with Gasteiger partial charge in [-0.3, -0.25) is 9.59 Å². The number of benzene rings is 1. The van der Waals surface area contributed by atoms with Gasteiger partial charge in [-0.2, -0.15) is 0 Å². The molecule has 1 aliphatic rings. The Hall–Kier alpha value is -2.56. The molecule has 0 spiro atoms. The molecule has 0 saturated carbocycles. The first-order chi connectivity index (χ1) is 9.87. The molecular weight excluding hydrogens is 270 g/mol. The topological polar surface area (TPSA) is 68.5 Å². The molecule has 0 fully saturated rings. The largest absolute Gasteiger partial charge is 0.476 e. The fraction of sp³-hybridized carbons (Fsp3) is 0.250. The van der Waals surface area contributed by atoms with Crippen LogP contribution in [0.15, 0.2) is 34.7 Å². The smallest absolute Gasteiger partial charge is 0.268 e. The van der Waals surface area contributed by atoms with Gasteiger partial charge in [0.05, 0.1) is 5.69 Å². The van der Waals surface area contributed by atoms with Crippen LogP contribution in [0.2, 0.25) is 0 Å². The van der Waals surface area contributed by atoms with Gasteiger partial charge in [0, 0.05) is 12.5 Å². The van der Waals surface area contributed by atoms with E-state index in [-0.39, 0.29) is 11.7 Å². The van der Waals surface area contributed by atoms with E-state index in [1.54, 1.807) is 38.1 Å². The van der Waals surface area contributed by atoms with Crippen LogP contribution in [-0.2, 0) is 4.79 Å². The highest BCUT2D eigenvalue weighted by molar-refractivity contribution is 6.00. The summed E-state index contributed by atoms with van der Waals surface area (Å²) in [7, 11) is 0. The first-order valence-electron chi connectivity index (χ1n) is 6.62. The fourth-order valence-electron chi connectivity index (χ4n) is 2.14. The monoisotopic (exact) mass is 285 g/mol. The normalized spacial score (nSPS) is 15.9. The van der Waals surface area contributed by atoms with Crippen LogP contribution in [0.1, 0.15) is 31.3 Å². The molecule has 3 rings (SSSR count). The third-order valence-corrected chi connectivity index (χ3v) is 3.38. The summed E-state index contributed by atoms with van der Waals surface area (Å²) in [6.07, 6.45) is 0. The lowest BCUT2D eigenvalue weighted by Crippen LogP contribution is -2.45. The molecule has 2 aromatic rings. The number of carbonyl (C=O) groups is 2. The molecule has 0 unspecified atom stereocenters. The van der Waals surface area contributed by atoms with E-state index in [4.69, 9.17) is 9.15 Å². The maximum absolute atomic E-state index is 11.8. The Morgan fingerprint density at radius 1 is 1.19 bits per heavy atom. The van der Waals surface area contributed by atoms with E-state index in [0.29, 0.717) is 23.0 Å². The molecule has 0 aliphatic carbocycles. The van der Waals surface area contributed by atoms with Gasteiger partial charge in [0.2, 0.25) is 0 Å². The van der Waals surface area contributed by atoms with Gasteiger partial charge in [-0.25, -0.2) is 0 Å². The van der Waals surface area contributed by atoms with Crippen LogP contribution in [-0.4, -0.2) is 17.3 Å². The zero-order chi connectivity index (χ0) is 15.2. The Morgan fingerprint density at radius 3 is 2.62 bits per heavy atom. The SMILES string of the molecule is CC(=O)c1ccc(-c2ccc3c(c2)OC(C)(C)C(=O)N3)o1. The first kappa shape index (κ1) is 13.4. The van der Waals surface area contributed by atoms with E-state index in [2.05, 4.69) is 5.32 Å². The summed E-state index contributed by atoms with van der Waals surface area (Å²) >= 11 is 0. The Balaban J connectivity index is 1.99. The molecule has 5 heteroatoms. The summed E-state index contributed by atoms with van der Waals surface area (Å²) in [6, 6.07) is 8.74. The molecule has 1 aromatic heterocycles. The van der Waals surface area contributed by atoms with Crippen molar-refractivity contribution >= 4 is 17.4 Å². The van der Waals surface area contributed by atoms with Crippen molar-refractivity contribution in [3.8, 4) is 17.1 Å². The molecular formula is C16H15NO4. The lowest BCUT2D eigenvalue weighted by Gasteiger charge is -2.31. The van der Waals surface area contributed by atoms with Gasteiger partial charge in [-0.1, -0.05) is 0 Å². The Morgan fingerprint density at radius 2 is 1.95 bits per heavy atom. The maximum Gasteiger partial charge on any atom is 0.268 e. The maximum atomic E-state index is 11.8. The molecule has 1 aliphatic heterocycles. The summed E-state index contributed by atoms with van der Waals surface area (Å²) < 4.78 is 11.2. The first-order valence-corrected chi connectivity index (χ1v) is 6.62. The molecule has 0 atom stereocenters. The zero-order valence-electron chi connectivity index (χ0n) is 12.0. The lowest BCUT2D eigenvalue weighted by molar-refractivity contribution is -0.129. The Kier molecular flexibility index (Phi) is 2.86. The van der Waals surface area contributed by atoms with Gasteiger partial charge in [-0.05, 0) is 44.2 Å². The van der Waals surface area contributed by atoms with E-state index in [9.17, 15) is 9.59 Å². The molecule has 1 N–H and O–H groups in total. The fourth-order valence-corrected chi connectivity index (χ4v) is 2.14. The molecule has 5 nitrogen and oxygen atoms in total. The molecule has 0 bridgehead atoms. The third-order valence-electron chi connectivity index (χ3n) is 3.38. The van der Waals surface area contributed by atoms with Crippen molar-refractivity contribution in [3.05, 3.63) is 36.1 Å². The van der Waals surface area contributed by atoms with Crippen LogP contribution < -0.4 is 10.1 Å². The average molecular weight is 285 g/mol. The van der Waals surface area contributed by atoms with Gasteiger partial charge in [0.1, 0.15) is 11.5 Å². The molecule has 0 saturated heterocycles. The van der Waals surface area contributed by atoms with Crippen molar-refractivity contribution in [2.45, 2.75) is 26.4 Å². The molecule has 1 aromatic carbocycles. The second-order valence-electron chi connectivity index (χ2n) is 5.50. The number of carbonyl (C=O) groups excluding carboxylic acids is 2. The summed E-state index contributed by atoms with van der Waals surface area (Å²) in [5, 5.41) is 2.80. The minimum atomic E-state index is -0.917. The minimum absolute atomic E-state index is 0.121. The van der Waals surface area contributed by atoms with Crippen molar-refractivity contribution in [3.63, 3.8) is 0 Å². The molecule has 108 valence electrons. The van der Waals surface area contributed by atoms with Crippen LogP contribution in [0.3, 0.4) is 0 Å². The predicted molar refractivity (Wildman–Crippen MR) is 77.5 cm³/mol. The summed E-state index contributed by atoms with van der Waals surface area (Å²) in [6.45, 7) is 4.87. The number of fused-ring (bicyclic) bond motifs is 1. The standard InChI is InChI=1S/C16H15NO4/c1-9(18)12-6-7-13(20-12)10-4-5-11-14(8-10)21-16(2,3)15(19)17-11/h4-8H,1-3H3,(H,17,19). The minimum Gasteiger partial charge on any atom is -0.476 e. The van der Waals surface area contributed by atoms with Crippen LogP contribution in [0.4, 0.5) is 5.69 Å². The molecule has 0 radical (unpaired) electrons. The number of nitrogens with one attached hydrogen (secondary N) is 1. The van der Waals surface area contributed by atoms with Gasteiger partial charge < -0.3 is 14.5 Å². The highest BCUT2D eigenvalue weighted by Crippen LogP contribution is 2.37. The van der Waals surface area contributed by atoms with E-state index >= 15 is 0 Å². The summed E-state index contributed by atoms with van der Waals surface area (Å²) in [4.78, 5) is 23.1. The van der Waals surface area contributed by atoms with Crippen molar-refractivity contribution in [2.75, 3.05) is 5.32 Å². The predicted octanol–water partition coefficient (Wildman–Crippen LogP) is 3.26. The Bertz CT molecular complexity index is 742. The number of rotatable bonds is 2. The number of ketones is 1. The van der Waals surface area contributed by atoms with E-state index in [0.717, 1.165) is 5.56 Å². The van der Waals surface area contributed by atoms with Gasteiger partial charge in [0.25, 0.3) is 5.91 Å². The number of hydrogen-bond acceptors (Lipinski definition) is 4. The lowest BCUT2D eigenvalue weighted by atomic mass is 10.0. The number of furan rings is 1. The summed E-state index contributed by atoms with van der Waals surface area (Å²) in [5.41, 5.74) is 0.494. The van der Waals surface area contributed by atoms with Crippen molar-refractivity contribution in [2.24, 2.45) is 0 Å². The van der Waals surface area contributed by atoms with Crippen LogP contribution >= 0.6 is 0 Å². The van der Waals surface area contributed by atoms with Crippen molar-refractivity contribution in [1.29, 1.82) is 0 Å². The average Bonchev–Trinajstić information content (AvgIpc) is 2.89. The van der Waals surface area contributed by atoms with Gasteiger partial charge in [-0.15, -0.1) is 0 Å². The van der Waals surface area contributed by atoms with Crippen LogP contribution in [0.5, 0.6) is 5.75 Å². The second kappa shape index (κ2) is 4.48. The van der Waals surface area contributed by atoms with Crippen molar-refractivity contribution < 1.29 is 18.7 Å². The quantitative estimate of drug-likeness (QED) is 0.860. The summed E-state index contributed by atoms with van der Waals surface area (Å²) in [5.74, 6) is 1.18. The molecule has 2 heterocycles. The number of ether oxygens (including phenoxy) is 1. The highest BCUT2D eigenvalue weighted by Gasteiger charge is 2.35. The van der Waals surface area contributed by atoms with Crippen LogP contribution in [0, 0.1) is 0 Å². The number of amides is 1. The van der Waals surface area contributed by atoms with E-state index in [1.165, 1.54) is 6.92 Å². The molecule has 21 heavy (non-hydrogen) atoms. The van der Waals surface area contributed by atoms with E-state index in [1.807, 2.05) is 6.07 Å². The number of Topliss-reactive ketones (excluding diaryl/α,β-unsaturated/α-hetero) is 1. The molecule has 1 amide bonds. The number of anilines is 1. The zero-order valence-corrected chi connectivity index (χ0v) is 12.0. The number of hydrogen-bond donors (Lipinski definition) is 1. The van der Waals surface area contributed by atoms with E-state index < -0.39 is 5.60 Å². The second-order valence-corrected chi connectivity index (χ2v) is 5.50. The highest BCUT2D eigenvalue weighted by atomic mass is 16.5. The van der Waals surface area contributed by atoms with Gasteiger partial charge >= 0.3 is 0 Å². The third kappa shape index (κ3) is 2.31. The van der Waals surface area contributed by atoms with Crippen molar-refractivity contribution in [1.82, 2.24) is 0 Å². The van der Waals surface area contributed by atoms with Crippen LogP contribution in [0.25, 0.3) is 11.3 Å².